The molecule has 0 saturated carbocycles. The molecule has 0 bridgehead atoms. The molecule has 0 radical (unpaired) electrons. The van der Waals surface area contributed by atoms with Gasteiger partial charge in [0.2, 0.25) is 0 Å². The van der Waals surface area contributed by atoms with Crippen molar-refractivity contribution in [2.45, 2.75) is 53.6 Å². The number of nitrogen functional groups attached to an aromatic ring is 1. The molecular formula is C22H29N3O2. The highest BCUT2D eigenvalue weighted by Gasteiger charge is 2.35. The summed E-state index contributed by atoms with van der Waals surface area (Å²) in [5, 5.41) is 10.8. The summed E-state index contributed by atoms with van der Waals surface area (Å²) in [6.07, 6.45) is 2.68. The molecule has 1 aromatic heterocycles. The number of hydrogen-bond acceptors (Lipinski definition) is 5. The van der Waals surface area contributed by atoms with Gasteiger partial charge in [-0.25, -0.2) is 4.98 Å². The van der Waals surface area contributed by atoms with Gasteiger partial charge in [0.25, 0.3) is 0 Å². The Morgan fingerprint density at radius 3 is 2.56 bits per heavy atom. The van der Waals surface area contributed by atoms with Crippen LogP contribution in [-0.2, 0) is 10.4 Å². The lowest BCUT2D eigenvalue weighted by Gasteiger charge is -2.26. The number of hydrogen-bond donors (Lipinski definition) is 2. The van der Waals surface area contributed by atoms with E-state index in [4.69, 9.17) is 5.73 Å². The SMILES string of the molecule is CCC=Nc1cc(-c2ccc(C(C)(O)C(=O)C(C)C)c(C)c2)nc(N)c1C. The number of anilines is 1. The lowest BCUT2D eigenvalue weighted by molar-refractivity contribution is -0.139. The maximum atomic E-state index is 12.4. The first-order valence-corrected chi connectivity index (χ1v) is 9.27. The summed E-state index contributed by atoms with van der Waals surface area (Å²) < 4.78 is 0. The van der Waals surface area contributed by atoms with Crippen molar-refractivity contribution in [3.05, 3.63) is 41.0 Å². The molecule has 0 aliphatic carbocycles. The van der Waals surface area contributed by atoms with Gasteiger partial charge in [-0.2, -0.15) is 0 Å². The van der Waals surface area contributed by atoms with Crippen LogP contribution in [0.2, 0.25) is 0 Å². The Morgan fingerprint density at radius 1 is 1.33 bits per heavy atom. The van der Waals surface area contributed by atoms with Crippen LogP contribution >= 0.6 is 0 Å². The zero-order valence-corrected chi connectivity index (χ0v) is 17.0. The smallest absolute Gasteiger partial charge is 0.171 e. The molecule has 1 aromatic carbocycles. The number of aliphatic imine (C=N–C) groups is 1. The number of Topliss-reactive ketones (excluding diaryl/α,β-unsaturated/α-hetero) is 1. The number of ketones is 1. The van der Waals surface area contributed by atoms with Crippen LogP contribution in [0.15, 0.2) is 29.3 Å². The third-order valence-corrected chi connectivity index (χ3v) is 4.75. The van der Waals surface area contributed by atoms with Crippen molar-refractivity contribution in [1.29, 1.82) is 0 Å². The minimum absolute atomic E-state index is 0.202. The molecule has 0 amide bonds. The van der Waals surface area contributed by atoms with E-state index in [9.17, 15) is 9.90 Å². The Hall–Kier alpha value is -2.53. The lowest BCUT2D eigenvalue weighted by atomic mass is 9.83. The largest absolute Gasteiger partial charge is 0.383 e. The average molecular weight is 367 g/mol. The van der Waals surface area contributed by atoms with Crippen molar-refractivity contribution in [1.82, 2.24) is 4.98 Å². The van der Waals surface area contributed by atoms with Crippen molar-refractivity contribution in [3.8, 4) is 11.3 Å². The van der Waals surface area contributed by atoms with Gasteiger partial charge >= 0.3 is 0 Å². The summed E-state index contributed by atoms with van der Waals surface area (Å²) in [5.41, 5.74) is 9.20. The molecule has 27 heavy (non-hydrogen) atoms. The van der Waals surface area contributed by atoms with Gasteiger partial charge in [0, 0.05) is 23.3 Å². The van der Waals surface area contributed by atoms with Crippen molar-refractivity contribution in [3.63, 3.8) is 0 Å². The normalized spacial score (nSPS) is 13.9. The molecule has 5 nitrogen and oxygen atoms in total. The first kappa shape index (κ1) is 20.8. The van der Waals surface area contributed by atoms with Gasteiger partial charge in [0.15, 0.2) is 5.78 Å². The van der Waals surface area contributed by atoms with Gasteiger partial charge in [-0.1, -0.05) is 32.9 Å². The van der Waals surface area contributed by atoms with Gasteiger partial charge in [-0.05, 0) is 50.5 Å². The Bertz CT molecular complexity index is 883. The highest BCUT2D eigenvalue weighted by Crippen LogP contribution is 2.33. The molecule has 1 atom stereocenters. The molecule has 0 aliphatic rings. The van der Waals surface area contributed by atoms with Crippen molar-refractivity contribution < 1.29 is 9.90 Å². The zero-order chi connectivity index (χ0) is 20.4. The first-order chi connectivity index (χ1) is 12.6. The van der Waals surface area contributed by atoms with Crippen molar-refractivity contribution in [2.75, 3.05) is 5.73 Å². The number of pyridine rings is 1. The Morgan fingerprint density at radius 2 is 2.00 bits per heavy atom. The van der Waals surface area contributed by atoms with E-state index >= 15 is 0 Å². The van der Waals surface area contributed by atoms with Crippen molar-refractivity contribution >= 4 is 23.5 Å². The Balaban J connectivity index is 2.51. The zero-order valence-electron chi connectivity index (χ0n) is 17.0. The monoisotopic (exact) mass is 367 g/mol. The highest BCUT2D eigenvalue weighted by atomic mass is 16.3. The van der Waals surface area contributed by atoms with Gasteiger partial charge in [-0.15, -0.1) is 0 Å². The molecule has 0 saturated heterocycles. The third-order valence-electron chi connectivity index (χ3n) is 4.75. The molecular weight excluding hydrogens is 338 g/mol. The topological polar surface area (TPSA) is 88.6 Å². The number of carbonyl (C=O) groups excluding carboxylic acids is 1. The fraction of sp³-hybridized carbons (Fsp3) is 0.409. The van der Waals surface area contributed by atoms with E-state index in [0.717, 1.165) is 28.8 Å². The standard InChI is InChI=1S/C22H29N3O2/c1-7-10-24-18-12-19(25-21(23)15(18)5)16-8-9-17(14(4)11-16)22(6,27)20(26)13(2)3/h8-13,27H,7H2,1-6H3,(H2,23,25). The number of aliphatic hydroxyl groups is 1. The van der Waals surface area contributed by atoms with Gasteiger partial charge in [0.1, 0.15) is 11.4 Å². The van der Waals surface area contributed by atoms with Gasteiger partial charge < -0.3 is 10.8 Å². The number of benzene rings is 1. The number of aromatic nitrogens is 1. The van der Waals surface area contributed by atoms with E-state index < -0.39 is 5.60 Å². The third kappa shape index (κ3) is 4.25. The van der Waals surface area contributed by atoms with Crippen LogP contribution in [0.1, 0.15) is 50.8 Å². The predicted molar refractivity (Wildman–Crippen MR) is 111 cm³/mol. The van der Waals surface area contributed by atoms with Crippen molar-refractivity contribution in [2.24, 2.45) is 10.9 Å². The maximum Gasteiger partial charge on any atom is 0.171 e. The molecule has 0 fully saturated rings. The number of carbonyl (C=O) groups is 1. The fourth-order valence-electron chi connectivity index (χ4n) is 3.15. The molecule has 2 aromatic rings. The second-order valence-corrected chi connectivity index (χ2v) is 7.38. The quantitative estimate of drug-likeness (QED) is 0.736. The summed E-state index contributed by atoms with van der Waals surface area (Å²) >= 11 is 0. The lowest BCUT2D eigenvalue weighted by Crippen LogP contribution is -2.36. The molecule has 3 N–H and O–H groups in total. The summed E-state index contributed by atoms with van der Waals surface area (Å²) in [5.74, 6) is -0.0108. The highest BCUT2D eigenvalue weighted by molar-refractivity contribution is 5.90. The minimum atomic E-state index is -1.52. The van der Waals surface area contributed by atoms with E-state index in [1.807, 2.05) is 45.2 Å². The summed E-state index contributed by atoms with van der Waals surface area (Å²) in [4.78, 5) is 21.4. The molecule has 2 rings (SSSR count). The summed E-state index contributed by atoms with van der Waals surface area (Å²) in [6, 6.07) is 7.47. The first-order valence-electron chi connectivity index (χ1n) is 9.27. The number of aryl methyl sites for hydroxylation is 1. The average Bonchev–Trinajstić information content (AvgIpc) is 2.61. The Labute approximate surface area is 161 Å². The van der Waals surface area contributed by atoms with Crippen LogP contribution < -0.4 is 5.73 Å². The van der Waals surface area contributed by atoms with Gasteiger partial charge in [-0.3, -0.25) is 9.79 Å². The van der Waals surface area contributed by atoms with Crippen LogP contribution in [0.5, 0.6) is 0 Å². The predicted octanol–water partition coefficient (Wildman–Crippen LogP) is 4.49. The summed E-state index contributed by atoms with van der Waals surface area (Å²) in [6.45, 7) is 10.9. The van der Waals surface area contributed by atoms with E-state index in [2.05, 4.69) is 9.98 Å². The van der Waals surface area contributed by atoms with Gasteiger partial charge in [0.05, 0.1) is 11.4 Å². The molecule has 144 valence electrons. The van der Waals surface area contributed by atoms with E-state index in [-0.39, 0.29) is 11.7 Å². The van der Waals surface area contributed by atoms with Crippen LogP contribution in [0, 0.1) is 19.8 Å². The fourth-order valence-corrected chi connectivity index (χ4v) is 3.15. The maximum absolute atomic E-state index is 12.4. The second-order valence-electron chi connectivity index (χ2n) is 7.38. The number of rotatable bonds is 6. The molecule has 0 spiro atoms. The van der Waals surface area contributed by atoms with Crippen LogP contribution in [0.3, 0.4) is 0 Å². The number of nitrogens with two attached hydrogens (primary N) is 1. The van der Waals surface area contributed by atoms with Crippen LogP contribution in [0.4, 0.5) is 11.5 Å². The van der Waals surface area contributed by atoms with E-state index in [1.54, 1.807) is 26.8 Å². The van der Waals surface area contributed by atoms with E-state index in [0.29, 0.717) is 17.1 Å². The summed E-state index contributed by atoms with van der Waals surface area (Å²) in [7, 11) is 0. The minimum Gasteiger partial charge on any atom is -0.383 e. The molecule has 1 unspecified atom stereocenters. The second kappa shape index (κ2) is 8.01. The number of nitrogens with zero attached hydrogens (tertiary/aromatic N) is 2. The van der Waals surface area contributed by atoms with Crippen LogP contribution in [-0.4, -0.2) is 22.1 Å². The molecule has 5 heteroatoms. The van der Waals surface area contributed by atoms with E-state index in [1.165, 1.54) is 0 Å². The molecule has 1 heterocycles. The Kier molecular flexibility index (Phi) is 6.16. The van der Waals surface area contributed by atoms with Crippen LogP contribution in [0.25, 0.3) is 11.3 Å². The molecule has 0 aliphatic heterocycles.